The Morgan fingerprint density at radius 1 is 1.37 bits per heavy atom. The number of nitrogens with two attached hydrogens (primary N) is 1. The van der Waals surface area contributed by atoms with Gasteiger partial charge in [0.15, 0.2) is 0 Å². The first-order valence-electron chi connectivity index (χ1n) is 6.12. The summed E-state index contributed by atoms with van der Waals surface area (Å²) in [4.78, 5) is 10.7. The Morgan fingerprint density at radius 3 is 2.63 bits per heavy atom. The Balaban J connectivity index is 2.42. The lowest BCUT2D eigenvalue weighted by molar-refractivity contribution is -0.141. The van der Waals surface area contributed by atoms with Crippen LogP contribution in [0.2, 0.25) is 0 Å². The summed E-state index contributed by atoms with van der Waals surface area (Å²) >= 11 is 0. The third kappa shape index (κ3) is 6.49. The van der Waals surface area contributed by atoms with Gasteiger partial charge in [-0.05, 0) is 31.0 Å². The van der Waals surface area contributed by atoms with Gasteiger partial charge in [0.1, 0.15) is 19.0 Å². The van der Waals surface area contributed by atoms with E-state index in [1.165, 1.54) is 6.92 Å². The molecule has 0 fully saturated rings. The first-order valence-corrected chi connectivity index (χ1v) is 6.12. The second-order valence-corrected chi connectivity index (χ2v) is 4.13. The van der Waals surface area contributed by atoms with Gasteiger partial charge in [-0.25, -0.2) is 0 Å². The molecule has 0 saturated carbocycles. The summed E-state index contributed by atoms with van der Waals surface area (Å²) < 4.78 is 10.3. The summed E-state index contributed by atoms with van der Waals surface area (Å²) in [6, 6.07) is 7.46. The number of ether oxygens (including phenoxy) is 2. The van der Waals surface area contributed by atoms with E-state index in [4.69, 9.17) is 15.2 Å². The van der Waals surface area contributed by atoms with E-state index in [-0.39, 0.29) is 18.6 Å². The Hall–Kier alpha value is -1.99. The number of esters is 1. The maximum atomic E-state index is 10.7. The summed E-state index contributed by atoms with van der Waals surface area (Å²) in [5.41, 5.74) is 6.94. The molecule has 0 amide bonds. The van der Waals surface area contributed by atoms with Crippen LogP contribution in [0.15, 0.2) is 24.3 Å². The van der Waals surface area contributed by atoms with Crippen molar-refractivity contribution in [1.29, 1.82) is 0 Å². The van der Waals surface area contributed by atoms with Crippen molar-refractivity contribution in [3.05, 3.63) is 29.8 Å². The maximum Gasteiger partial charge on any atom is 0.302 e. The fourth-order valence-electron chi connectivity index (χ4n) is 1.50. The van der Waals surface area contributed by atoms with E-state index >= 15 is 0 Å². The number of hydrogen-bond donors (Lipinski definition) is 1. The molecular formula is C15H19NO3. The van der Waals surface area contributed by atoms with Gasteiger partial charge >= 0.3 is 5.97 Å². The van der Waals surface area contributed by atoms with Gasteiger partial charge in [-0.1, -0.05) is 18.1 Å². The minimum Gasteiger partial charge on any atom is -0.481 e. The van der Waals surface area contributed by atoms with E-state index in [9.17, 15) is 4.79 Å². The second-order valence-electron chi connectivity index (χ2n) is 4.13. The first-order chi connectivity index (χ1) is 9.11. The molecule has 0 bridgehead atoms. The van der Waals surface area contributed by atoms with Gasteiger partial charge in [0, 0.05) is 13.0 Å². The number of benzene rings is 1. The Labute approximate surface area is 113 Å². The fraction of sp³-hybridized carbons (Fsp3) is 0.400. The van der Waals surface area contributed by atoms with E-state index in [0.29, 0.717) is 13.0 Å². The molecule has 102 valence electrons. The van der Waals surface area contributed by atoms with Gasteiger partial charge in [0.25, 0.3) is 0 Å². The van der Waals surface area contributed by atoms with Crippen LogP contribution >= 0.6 is 0 Å². The SMILES string of the molecule is CC#CCOc1ccc(C[C@@H](N)COC(C)=O)cc1. The minimum absolute atomic E-state index is 0.193. The summed E-state index contributed by atoms with van der Waals surface area (Å²) in [6.45, 7) is 3.77. The van der Waals surface area contributed by atoms with Gasteiger partial charge in [-0.2, -0.15) is 0 Å². The van der Waals surface area contributed by atoms with Crippen LogP contribution in [0, 0.1) is 11.8 Å². The van der Waals surface area contributed by atoms with Gasteiger partial charge < -0.3 is 15.2 Å². The van der Waals surface area contributed by atoms with E-state index in [2.05, 4.69) is 11.8 Å². The lowest BCUT2D eigenvalue weighted by Crippen LogP contribution is -2.29. The minimum atomic E-state index is -0.309. The average molecular weight is 261 g/mol. The van der Waals surface area contributed by atoms with Crippen LogP contribution in [0.4, 0.5) is 0 Å². The molecule has 0 aliphatic heterocycles. The molecule has 0 aliphatic rings. The molecule has 0 unspecified atom stereocenters. The largest absolute Gasteiger partial charge is 0.481 e. The quantitative estimate of drug-likeness (QED) is 0.623. The zero-order valence-electron chi connectivity index (χ0n) is 11.3. The first kappa shape index (κ1) is 15.1. The molecule has 4 heteroatoms. The number of carbonyl (C=O) groups is 1. The van der Waals surface area contributed by atoms with Crippen molar-refractivity contribution in [1.82, 2.24) is 0 Å². The molecule has 0 aliphatic carbocycles. The zero-order valence-corrected chi connectivity index (χ0v) is 11.3. The standard InChI is InChI=1S/C15H19NO3/c1-3-4-9-18-15-7-5-13(6-8-15)10-14(16)11-19-12(2)17/h5-8,14H,9-11,16H2,1-2H3/t14-/m1/s1. The average Bonchev–Trinajstić information content (AvgIpc) is 2.39. The van der Waals surface area contributed by atoms with E-state index < -0.39 is 0 Å². The van der Waals surface area contributed by atoms with E-state index in [0.717, 1.165) is 11.3 Å². The van der Waals surface area contributed by atoms with Crippen molar-refractivity contribution in [3.8, 4) is 17.6 Å². The van der Waals surface area contributed by atoms with E-state index in [1.54, 1.807) is 6.92 Å². The van der Waals surface area contributed by atoms with Crippen molar-refractivity contribution in [2.75, 3.05) is 13.2 Å². The lowest BCUT2D eigenvalue weighted by Gasteiger charge is -2.11. The van der Waals surface area contributed by atoms with Gasteiger partial charge in [-0.15, -0.1) is 5.92 Å². The van der Waals surface area contributed by atoms with Crippen LogP contribution < -0.4 is 10.5 Å². The second kappa shape index (κ2) is 8.17. The van der Waals surface area contributed by atoms with Crippen molar-refractivity contribution in [2.24, 2.45) is 5.73 Å². The third-order valence-electron chi connectivity index (χ3n) is 2.41. The molecule has 1 aromatic rings. The molecule has 0 spiro atoms. The molecule has 0 radical (unpaired) electrons. The van der Waals surface area contributed by atoms with Crippen molar-refractivity contribution in [3.63, 3.8) is 0 Å². The predicted octanol–water partition coefficient (Wildman–Crippen LogP) is 1.52. The Bertz CT molecular complexity index is 457. The number of rotatable bonds is 6. The molecule has 1 atom stereocenters. The fourth-order valence-corrected chi connectivity index (χ4v) is 1.50. The zero-order chi connectivity index (χ0) is 14.1. The highest BCUT2D eigenvalue weighted by Crippen LogP contribution is 2.13. The molecule has 1 rings (SSSR count). The molecule has 2 N–H and O–H groups in total. The molecule has 0 saturated heterocycles. The smallest absolute Gasteiger partial charge is 0.302 e. The predicted molar refractivity (Wildman–Crippen MR) is 73.7 cm³/mol. The maximum absolute atomic E-state index is 10.7. The van der Waals surface area contributed by atoms with Gasteiger partial charge in [0.05, 0.1) is 0 Å². The van der Waals surface area contributed by atoms with Gasteiger partial charge in [-0.3, -0.25) is 4.79 Å². The summed E-state index contributed by atoms with van der Waals surface area (Å²) in [5.74, 6) is 6.06. The number of hydrogen-bond acceptors (Lipinski definition) is 4. The highest BCUT2D eigenvalue weighted by atomic mass is 16.5. The summed E-state index contributed by atoms with van der Waals surface area (Å²) in [6.07, 6.45) is 0.655. The van der Waals surface area contributed by atoms with Crippen LogP contribution in [0.25, 0.3) is 0 Å². The molecule has 0 aromatic heterocycles. The number of carbonyl (C=O) groups excluding carboxylic acids is 1. The normalized spacial score (nSPS) is 11.1. The van der Waals surface area contributed by atoms with Crippen LogP contribution in [-0.2, 0) is 16.0 Å². The van der Waals surface area contributed by atoms with Crippen molar-refractivity contribution >= 4 is 5.97 Å². The Morgan fingerprint density at radius 2 is 2.05 bits per heavy atom. The van der Waals surface area contributed by atoms with Crippen molar-refractivity contribution < 1.29 is 14.3 Å². The Kier molecular flexibility index (Phi) is 6.48. The monoisotopic (exact) mass is 261 g/mol. The van der Waals surface area contributed by atoms with Crippen molar-refractivity contribution in [2.45, 2.75) is 26.3 Å². The molecule has 19 heavy (non-hydrogen) atoms. The van der Waals surface area contributed by atoms with E-state index in [1.807, 2.05) is 24.3 Å². The van der Waals surface area contributed by atoms with Crippen LogP contribution in [0.5, 0.6) is 5.75 Å². The highest BCUT2D eigenvalue weighted by molar-refractivity contribution is 5.65. The molecule has 0 heterocycles. The highest BCUT2D eigenvalue weighted by Gasteiger charge is 2.06. The lowest BCUT2D eigenvalue weighted by atomic mass is 10.1. The molecular weight excluding hydrogens is 242 g/mol. The molecule has 1 aromatic carbocycles. The van der Waals surface area contributed by atoms with Crippen LogP contribution in [0.3, 0.4) is 0 Å². The summed E-state index contributed by atoms with van der Waals surface area (Å²) in [7, 11) is 0. The third-order valence-corrected chi connectivity index (χ3v) is 2.41. The van der Waals surface area contributed by atoms with Crippen LogP contribution in [0.1, 0.15) is 19.4 Å². The topological polar surface area (TPSA) is 61.6 Å². The van der Waals surface area contributed by atoms with Crippen LogP contribution in [-0.4, -0.2) is 25.2 Å². The summed E-state index contributed by atoms with van der Waals surface area (Å²) in [5, 5.41) is 0. The van der Waals surface area contributed by atoms with Gasteiger partial charge in [0.2, 0.25) is 0 Å². The molecule has 4 nitrogen and oxygen atoms in total.